The van der Waals surface area contributed by atoms with Gasteiger partial charge in [0.25, 0.3) is 5.91 Å². The number of ether oxygens (including phenoxy) is 1. The van der Waals surface area contributed by atoms with Gasteiger partial charge in [0.05, 0.1) is 4.88 Å². The molecule has 0 saturated heterocycles. The van der Waals surface area contributed by atoms with Gasteiger partial charge in [-0.15, -0.1) is 11.3 Å². The van der Waals surface area contributed by atoms with Crippen molar-refractivity contribution in [1.82, 2.24) is 0 Å². The van der Waals surface area contributed by atoms with Crippen LogP contribution < -0.4 is 10.1 Å². The molecule has 0 aliphatic rings. The lowest BCUT2D eigenvalue weighted by molar-refractivity contribution is 0.103. The Morgan fingerprint density at radius 3 is 2.73 bits per heavy atom. The highest BCUT2D eigenvalue weighted by atomic mass is 35.5. The summed E-state index contributed by atoms with van der Waals surface area (Å²) in [5.41, 5.74) is 2.24. The van der Waals surface area contributed by atoms with Crippen LogP contribution in [0.15, 0.2) is 47.8 Å². The lowest BCUT2D eigenvalue weighted by Gasteiger charge is -2.06. The summed E-state index contributed by atoms with van der Waals surface area (Å²) < 4.78 is 31.8. The summed E-state index contributed by atoms with van der Waals surface area (Å²) in [4.78, 5) is 12.8. The van der Waals surface area contributed by atoms with E-state index in [0.29, 0.717) is 21.2 Å². The molecule has 134 valence electrons. The summed E-state index contributed by atoms with van der Waals surface area (Å²) in [7, 11) is 0. The molecule has 0 bridgehead atoms. The fourth-order valence-electron chi connectivity index (χ4n) is 2.19. The normalized spacial score (nSPS) is 10.6. The third-order valence-electron chi connectivity index (χ3n) is 3.60. The highest BCUT2D eigenvalue weighted by Gasteiger charge is 2.11. The third kappa shape index (κ3) is 4.39. The van der Waals surface area contributed by atoms with Crippen molar-refractivity contribution >= 4 is 34.5 Å². The fraction of sp³-hybridized carbons (Fsp3) is 0.105. The number of carbonyl (C=O) groups excluding carboxylic acids is 1. The predicted octanol–water partition coefficient (Wildman–Crippen LogP) is 5.82. The van der Waals surface area contributed by atoms with E-state index in [0.717, 1.165) is 17.7 Å². The molecule has 0 spiro atoms. The number of carbonyl (C=O) groups is 1. The number of thiophene rings is 1. The standard InChI is InChI=1S/C19H14ClF2NO2S/c1-11-2-4-14(8-15(11)20)23-19(24)18-6-12(10-26-18)9-25-17-5-3-13(21)7-16(17)22/h2-8,10H,9H2,1H3,(H,23,24). The minimum Gasteiger partial charge on any atom is -0.486 e. The lowest BCUT2D eigenvalue weighted by atomic mass is 10.2. The van der Waals surface area contributed by atoms with Crippen LogP contribution in [-0.4, -0.2) is 5.91 Å². The zero-order chi connectivity index (χ0) is 18.7. The van der Waals surface area contributed by atoms with Crippen molar-refractivity contribution < 1.29 is 18.3 Å². The van der Waals surface area contributed by atoms with E-state index in [4.69, 9.17) is 16.3 Å². The maximum atomic E-state index is 13.6. The molecule has 0 radical (unpaired) electrons. The number of nitrogens with one attached hydrogen (secondary N) is 1. The molecule has 1 aromatic heterocycles. The number of benzene rings is 2. The molecular formula is C19H14ClF2NO2S. The molecule has 0 atom stereocenters. The molecule has 7 heteroatoms. The summed E-state index contributed by atoms with van der Waals surface area (Å²) in [5.74, 6) is -1.75. The number of aryl methyl sites for hydroxylation is 1. The molecule has 1 N–H and O–H groups in total. The van der Waals surface area contributed by atoms with E-state index in [2.05, 4.69) is 5.32 Å². The molecular weight excluding hydrogens is 380 g/mol. The van der Waals surface area contributed by atoms with Crippen LogP contribution >= 0.6 is 22.9 Å². The van der Waals surface area contributed by atoms with Crippen LogP contribution in [0, 0.1) is 18.6 Å². The average molecular weight is 394 g/mol. The summed E-state index contributed by atoms with van der Waals surface area (Å²) >= 11 is 7.30. The Kier molecular flexibility index (Phi) is 5.54. The Hall–Kier alpha value is -2.44. The van der Waals surface area contributed by atoms with Crippen molar-refractivity contribution in [2.75, 3.05) is 5.32 Å². The van der Waals surface area contributed by atoms with Crippen LogP contribution in [0.4, 0.5) is 14.5 Å². The van der Waals surface area contributed by atoms with Crippen LogP contribution in [0.25, 0.3) is 0 Å². The second-order valence-electron chi connectivity index (χ2n) is 5.60. The van der Waals surface area contributed by atoms with Gasteiger partial charge in [-0.25, -0.2) is 8.78 Å². The molecule has 0 saturated carbocycles. The van der Waals surface area contributed by atoms with E-state index in [1.165, 1.54) is 17.4 Å². The van der Waals surface area contributed by atoms with Crippen molar-refractivity contribution in [2.24, 2.45) is 0 Å². The van der Waals surface area contributed by atoms with Crippen LogP contribution in [-0.2, 0) is 6.61 Å². The lowest BCUT2D eigenvalue weighted by Crippen LogP contribution is -2.10. The molecule has 3 nitrogen and oxygen atoms in total. The Labute approximate surface area is 158 Å². The third-order valence-corrected chi connectivity index (χ3v) is 4.98. The summed E-state index contributed by atoms with van der Waals surface area (Å²) in [6.07, 6.45) is 0. The summed E-state index contributed by atoms with van der Waals surface area (Å²) in [6.45, 7) is 1.95. The first-order valence-corrected chi connectivity index (χ1v) is 8.91. The number of anilines is 1. The minimum absolute atomic E-state index is 0.0436. The number of halogens is 3. The molecule has 0 aliphatic carbocycles. The Morgan fingerprint density at radius 2 is 2.00 bits per heavy atom. The molecule has 1 heterocycles. The topological polar surface area (TPSA) is 38.3 Å². The smallest absolute Gasteiger partial charge is 0.265 e. The van der Waals surface area contributed by atoms with Crippen molar-refractivity contribution in [1.29, 1.82) is 0 Å². The molecule has 3 aromatic rings. The second-order valence-corrected chi connectivity index (χ2v) is 6.92. The van der Waals surface area contributed by atoms with E-state index >= 15 is 0 Å². The molecule has 0 aliphatic heterocycles. The van der Waals surface area contributed by atoms with Gasteiger partial charge >= 0.3 is 0 Å². The molecule has 0 fully saturated rings. The van der Waals surface area contributed by atoms with Crippen LogP contribution in [0.3, 0.4) is 0 Å². The first-order chi connectivity index (χ1) is 12.4. The van der Waals surface area contributed by atoms with Gasteiger partial charge in [-0.2, -0.15) is 0 Å². The Balaban J connectivity index is 1.63. The fourth-order valence-corrected chi connectivity index (χ4v) is 3.16. The second kappa shape index (κ2) is 7.85. The van der Waals surface area contributed by atoms with Gasteiger partial charge in [-0.1, -0.05) is 17.7 Å². The van der Waals surface area contributed by atoms with Crippen molar-refractivity contribution in [3.63, 3.8) is 0 Å². The summed E-state index contributed by atoms with van der Waals surface area (Å²) in [6, 6.07) is 10.1. The first kappa shape index (κ1) is 18.4. The number of hydrogen-bond acceptors (Lipinski definition) is 3. The van der Waals surface area contributed by atoms with E-state index in [1.807, 2.05) is 13.0 Å². The van der Waals surface area contributed by atoms with E-state index in [-0.39, 0.29) is 18.3 Å². The maximum Gasteiger partial charge on any atom is 0.265 e. The van der Waals surface area contributed by atoms with Gasteiger partial charge in [-0.05, 0) is 48.2 Å². The van der Waals surface area contributed by atoms with Gasteiger partial charge in [0.15, 0.2) is 11.6 Å². The van der Waals surface area contributed by atoms with Crippen molar-refractivity contribution in [3.05, 3.63) is 80.5 Å². The monoisotopic (exact) mass is 393 g/mol. The first-order valence-electron chi connectivity index (χ1n) is 7.65. The van der Waals surface area contributed by atoms with Gasteiger partial charge in [0.1, 0.15) is 12.4 Å². The number of amides is 1. The van der Waals surface area contributed by atoms with Gasteiger partial charge in [0, 0.05) is 22.3 Å². The average Bonchev–Trinajstić information content (AvgIpc) is 3.06. The van der Waals surface area contributed by atoms with E-state index in [9.17, 15) is 13.6 Å². The number of hydrogen-bond donors (Lipinski definition) is 1. The van der Waals surface area contributed by atoms with E-state index < -0.39 is 11.6 Å². The molecule has 2 aromatic carbocycles. The highest BCUT2D eigenvalue weighted by molar-refractivity contribution is 7.12. The highest BCUT2D eigenvalue weighted by Crippen LogP contribution is 2.23. The minimum atomic E-state index is -0.769. The number of rotatable bonds is 5. The molecule has 0 unspecified atom stereocenters. The quantitative estimate of drug-likeness (QED) is 0.593. The van der Waals surface area contributed by atoms with Crippen LogP contribution in [0.2, 0.25) is 5.02 Å². The maximum absolute atomic E-state index is 13.6. The van der Waals surface area contributed by atoms with Gasteiger partial charge < -0.3 is 10.1 Å². The Bertz CT molecular complexity index is 958. The van der Waals surface area contributed by atoms with Crippen LogP contribution in [0.1, 0.15) is 20.8 Å². The SMILES string of the molecule is Cc1ccc(NC(=O)c2cc(COc3ccc(F)cc3F)cs2)cc1Cl. The van der Waals surface area contributed by atoms with Gasteiger partial charge in [0.2, 0.25) is 0 Å². The Morgan fingerprint density at radius 1 is 1.19 bits per heavy atom. The van der Waals surface area contributed by atoms with Gasteiger partial charge in [-0.3, -0.25) is 4.79 Å². The van der Waals surface area contributed by atoms with Crippen molar-refractivity contribution in [3.8, 4) is 5.75 Å². The molecule has 1 amide bonds. The molecule has 3 rings (SSSR count). The predicted molar refractivity (Wildman–Crippen MR) is 99.2 cm³/mol. The molecule has 26 heavy (non-hydrogen) atoms. The van der Waals surface area contributed by atoms with E-state index in [1.54, 1.807) is 23.6 Å². The summed E-state index contributed by atoms with van der Waals surface area (Å²) in [5, 5.41) is 5.10. The zero-order valence-electron chi connectivity index (χ0n) is 13.7. The largest absolute Gasteiger partial charge is 0.486 e. The van der Waals surface area contributed by atoms with Crippen molar-refractivity contribution in [2.45, 2.75) is 13.5 Å². The zero-order valence-corrected chi connectivity index (χ0v) is 15.3. The van der Waals surface area contributed by atoms with Crippen LogP contribution in [0.5, 0.6) is 5.75 Å².